The average Bonchev–Trinajstić information content (AvgIpc) is 3.99. The number of fused-ring (bicyclic) bond motifs is 1. The van der Waals surface area contributed by atoms with Gasteiger partial charge in [-0.25, -0.2) is 31.2 Å². The SMILES string of the molecule is C[C@H]1CN(c2ccc(S(=O)(=O)Nc3nccs3)cc2)CCN1.C[C@H]1CN(c2ccc(S(=O)(=O)Nc3nccs3)cc2)CCN1C(=O)Cn1ccc2cc(F)ccc21. The molecule has 0 radical (unpaired) electrons. The first-order valence-corrected chi connectivity index (χ1v) is 22.9. The summed E-state index contributed by atoms with van der Waals surface area (Å²) in [4.78, 5) is 27.6. The van der Waals surface area contributed by atoms with Crippen LogP contribution in [0.4, 0.5) is 26.0 Å². The Labute approximate surface area is 339 Å². The van der Waals surface area contributed by atoms with E-state index in [1.807, 2.05) is 40.8 Å². The van der Waals surface area contributed by atoms with Crippen molar-refractivity contribution in [3.63, 3.8) is 0 Å². The smallest absolute Gasteiger partial charge is 0.263 e. The van der Waals surface area contributed by atoms with Gasteiger partial charge in [0.1, 0.15) is 12.4 Å². The number of carbonyl (C=O) groups excluding carboxylic acids is 1. The van der Waals surface area contributed by atoms with Gasteiger partial charge in [0.25, 0.3) is 20.0 Å². The fourth-order valence-corrected chi connectivity index (χ4v) is 10.4. The summed E-state index contributed by atoms with van der Waals surface area (Å²) in [5.41, 5.74) is 2.77. The fourth-order valence-electron chi connectivity index (χ4n) is 6.84. The number of sulfonamides is 2. The molecule has 2 saturated heterocycles. The van der Waals surface area contributed by atoms with Crippen LogP contribution in [0.5, 0.6) is 0 Å². The second kappa shape index (κ2) is 17.2. The van der Waals surface area contributed by atoms with Gasteiger partial charge in [-0.1, -0.05) is 0 Å². The quantitative estimate of drug-likeness (QED) is 0.160. The molecular formula is C38H42FN9O5S4. The van der Waals surface area contributed by atoms with Crippen LogP contribution in [0.1, 0.15) is 13.8 Å². The summed E-state index contributed by atoms with van der Waals surface area (Å²) in [6.45, 7) is 8.94. The molecule has 2 aliphatic heterocycles. The van der Waals surface area contributed by atoms with Gasteiger partial charge in [0.05, 0.1) is 9.79 Å². The Morgan fingerprint density at radius 3 is 1.89 bits per heavy atom. The van der Waals surface area contributed by atoms with E-state index in [9.17, 15) is 26.0 Å². The monoisotopic (exact) mass is 851 g/mol. The Kier molecular flexibility index (Phi) is 12.1. The Morgan fingerprint density at radius 2 is 1.37 bits per heavy atom. The summed E-state index contributed by atoms with van der Waals surface area (Å²) in [5.74, 6) is -0.290. The number of carbonyl (C=O) groups is 1. The van der Waals surface area contributed by atoms with Crippen molar-refractivity contribution in [1.82, 2.24) is 24.8 Å². The maximum atomic E-state index is 13.5. The Morgan fingerprint density at radius 1 is 0.789 bits per heavy atom. The minimum absolute atomic E-state index is 0.00803. The maximum absolute atomic E-state index is 13.5. The van der Waals surface area contributed by atoms with Crippen LogP contribution in [0, 0.1) is 5.82 Å². The highest BCUT2D eigenvalue weighted by Gasteiger charge is 2.28. The summed E-state index contributed by atoms with van der Waals surface area (Å²) in [6.07, 6.45) is 4.91. The van der Waals surface area contributed by atoms with E-state index in [0.717, 1.165) is 41.9 Å². The third-order valence-corrected chi connectivity index (χ3v) is 14.0. The molecule has 0 aliphatic carbocycles. The zero-order chi connectivity index (χ0) is 40.2. The summed E-state index contributed by atoms with van der Waals surface area (Å²) in [7, 11) is -7.28. The van der Waals surface area contributed by atoms with Gasteiger partial charge in [-0.15, -0.1) is 22.7 Å². The van der Waals surface area contributed by atoms with E-state index < -0.39 is 20.0 Å². The summed E-state index contributed by atoms with van der Waals surface area (Å²) in [6, 6.07) is 20.5. The van der Waals surface area contributed by atoms with Gasteiger partial charge < -0.3 is 24.6 Å². The van der Waals surface area contributed by atoms with Crippen LogP contribution in [0.2, 0.25) is 0 Å². The molecule has 3 aromatic carbocycles. The summed E-state index contributed by atoms with van der Waals surface area (Å²) >= 11 is 2.47. The molecule has 3 aromatic heterocycles. The molecule has 14 nitrogen and oxygen atoms in total. The molecule has 0 bridgehead atoms. The van der Waals surface area contributed by atoms with E-state index in [1.54, 1.807) is 65.6 Å². The number of nitrogens with zero attached hydrogens (tertiary/aromatic N) is 6. The number of benzene rings is 3. The van der Waals surface area contributed by atoms with Gasteiger partial charge in [0.2, 0.25) is 5.91 Å². The van der Waals surface area contributed by atoms with Crippen molar-refractivity contribution < 1.29 is 26.0 Å². The molecule has 5 heterocycles. The van der Waals surface area contributed by atoms with Gasteiger partial charge in [0.15, 0.2) is 10.3 Å². The van der Waals surface area contributed by atoms with Crippen molar-refractivity contribution in [2.45, 2.75) is 42.3 Å². The average molecular weight is 852 g/mol. The van der Waals surface area contributed by atoms with Crippen LogP contribution in [-0.4, -0.2) is 93.5 Å². The number of aromatic nitrogens is 3. The van der Waals surface area contributed by atoms with Crippen molar-refractivity contribution in [2.75, 3.05) is 58.5 Å². The van der Waals surface area contributed by atoms with Crippen LogP contribution < -0.4 is 24.6 Å². The maximum Gasteiger partial charge on any atom is 0.263 e. The zero-order valence-electron chi connectivity index (χ0n) is 31.2. The predicted molar refractivity (Wildman–Crippen MR) is 224 cm³/mol. The largest absolute Gasteiger partial charge is 0.369 e. The van der Waals surface area contributed by atoms with E-state index in [-0.39, 0.29) is 34.1 Å². The van der Waals surface area contributed by atoms with Gasteiger partial charge in [-0.2, -0.15) is 0 Å². The number of hydrogen-bond acceptors (Lipinski definition) is 12. The molecular weight excluding hydrogens is 810 g/mol. The first-order valence-electron chi connectivity index (χ1n) is 18.2. The van der Waals surface area contributed by atoms with Crippen molar-refractivity contribution in [3.8, 4) is 0 Å². The summed E-state index contributed by atoms with van der Waals surface area (Å²) in [5, 5.41) is 8.28. The zero-order valence-corrected chi connectivity index (χ0v) is 34.4. The molecule has 2 atom stereocenters. The van der Waals surface area contributed by atoms with E-state index in [0.29, 0.717) is 35.9 Å². The summed E-state index contributed by atoms with van der Waals surface area (Å²) < 4.78 is 69.9. The Bertz CT molecular complexity index is 2500. The van der Waals surface area contributed by atoms with Crippen LogP contribution in [0.15, 0.2) is 112 Å². The number of halogens is 1. The number of anilines is 4. The molecule has 1 amide bonds. The number of amides is 1. The molecule has 300 valence electrons. The molecule has 2 fully saturated rings. The van der Waals surface area contributed by atoms with Crippen molar-refractivity contribution >= 4 is 81.2 Å². The number of rotatable bonds is 10. The molecule has 57 heavy (non-hydrogen) atoms. The number of nitrogens with one attached hydrogen (secondary N) is 3. The lowest BCUT2D eigenvalue weighted by atomic mass is 10.1. The second-order valence-corrected chi connectivity index (χ2v) is 18.9. The Balaban J connectivity index is 0.000000194. The lowest BCUT2D eigenvalue weighted by Gasteiger charge is -2.41. The van der Waals surface area contributed by atoms with Crippen molar-refractivity contribution in [2.24, 2.45) is 0 Å². The number of thiazole rings is 2. The van der Waals surface area contributed by atoms with E-state index in [1.165, 1.54) is 34.8 Å². The Hall–Kier alpha value is -5.08. The molecule has 0 saturated carbocycles. The van der Waals surface area contributed by atoms with E-state index >= 15 is 0 Å². The van der Waals surface area contributed by atoms with Crippen molar-refractivity contribution in [3.05, 3.63) is 108 Å². The highest BCUT2D eigenvalue weighted by molar-refractivity contribution is 7.93. The lowest BCUT2D eigenvalue weighted by molar-refractivity contribution is -0.134. The second-order valence-electron chi connectivity index (χ2n) is 13.7. The van der Waals surface area contributed by atoms with E-state index in [2.05, 4.69) is 41.5 Å². The van der Waals surface area contributed by atoms with Crippen LogP contribution in [0.3, 0.4) is 0 Å². The van der Waals surface area contributed by atoms with Gasteiger partial charge in [0, 0.05) is 103 Å². The molecule has 0 spiro atoms. The van der Waals surface area contributed by atoms with E-state index in [4.69, 9.17) is 0 Å². The lowest BCUT2D eigenvalue weighted by Crippen LogP contribution is -2.54. The topological polar surface area (TPSA) is 162 Å². The molecule has 3 N–H and O–H groups in total. The first-order chi connectivity index (χ1) is 27.3. The highest BCUT2D eigenvalue weighted by atomic mass is 32.2. The van der Waals surface area contributed by atoms with Gasteiger partial charge >= 0.3 is 0 Å². The molecule has 6 aromatic rings. The predicted octanol–water partition coefficient (Wildman–Crippen LogP) is 5.52. The first kappa shape index (κ1) is 40.1. The van der Waals surface area contributed by atoms with Gasteiger partial charge in [-0.05, 0) is 86.6 Å². The third-order valence-electron chi connectivity index (χ3n) is 9.69. The number of piperazine rings is 2. The van der Waals surface area contributed by atoms with Gasteiger partial charge in [-0.3, -0.25) is 14.2 Å². The minimum Gasteiger partial charge on any atom is -0.369 e. The molecule has 19 heteroatoms. The molecule has 8 rings (SSSR count). The van der Waals surface area contributed by atoms with Crippen LogP contribution in [-0.2, 0) is 31.4 Å². The standard InChI is InChI=1S/C24H24FN5O3S2.C14H18N4O2S2/c1-17-15-28(20-3-5-21(6-4-20)35(32,33)27-24-26-9-13-34-24)11-12-30(17)23(31)16-29-10-8-18-14-19(25)2-7-22(18)29;1-11-10-18(8-6-15-11)12-2-4-13(5-3-12)22(19,20)17-14-16-7-9-21-14/h2-10,13-14,17H,11-12,15-16H2,1H3,(H,26,27);2-5,7,9,11,15H,6,8,10H2,1H3,(H,16,17)/t17-;11-/m00/s1. The molecule has 0 unspecified atom stereocenters. The van der Waals surface area contributed by atoms with Crippen molar-refractivity contribution in [1.29, 1.82) is 0 Å². The highest BCUT2D eigenvalue weighted by Crippen LogP contribution is 2.25. The third kappa shape index (κ3) is 9.73. The minimum atomic E-state index is -3.70. The normalized spacial score (nSPS) is 17.6. The molecule has 2 aliphatic rings. The van der Waals surface area contributed by atoms with Crippen LogP contribution >= 0.6 is 22.7 Å². The van der Waals surface area contributed by atoms with Crippen LogP contribution in [0.25, 0.3) is 10.9 Å². The number of hydrogen-bond donors (Lipinski definition) is 3. The fraction of sp³-hybridized carbons (Fsp3) is 0.289.